The highest BCUT2D eigenvalue weighted by Gasteiger charge is 2.05. The van der Waals surface area contributed by atoms with Gasteiger partial charge in [0.15, 0.2) is 11.5 Å². The highest BCUT2D eigenvalue weighted by atomic mass is 16.5. The van der Waals surface area contributed by atoms with Crippen molar-refractivity contribution in [3.63, 3.8) is 0 Å². The Kier molecular flexibility index (Phi) is 2.70. The van der Waals surface area contributed by atoms with Crippen LogP contribution in [-0.2, 0) is 0 Å². The minimum absolute atomic E-state index is 0.194. The first-order valence-electron chi connectivity index (χ1n) is 4.65. The van der Waals surface area contributed by atoms with E-state index in [4.69, 9.17) is 4.74 Å². The van der Waals surface area contributed by atoms with Crippen LogP contribution in [0.4, 0.5) is 0 Å². The maximum absolute atomic E-state index is 9.42. The Morgan fingerprint density at radius 1 is 1.36 bits per heavy atom. The zero-order chi connectivity index (χ0) is 9.80. The summed E-state index contributed by atoms with van der Waals surface area (Å²) in [4.78, 5) is 0. The summed E-state index contributed by atoms with van der Waals surface area (Å²) in [6.07, 6.45) is 2.11. The number of aromatic hydroxyl groups is 1. The smallest absolute Gasteiger partial charge is 0.161 e. The van der Waals surface area contributed by atoms with Gasteiger partial charge in [0.2, 0.25) is 0 Å². The third kappa shape index (κ3) is 2.06. The van der Waals surface area contributed by atoms with Crippen molar-refractivity contribution in [1.82, 2.24) is 5.32 Å². The molecule has 0 aliphatic carbocycles. The predicted octanol–water partition coefficient (Wildman–Crippen LogP) is 1.30. The van der Waals surface area contributed by atoms with Crippen molar-refractivity contribution in [3.05, 3.63) is 35.9 Å². The predicted molar refractivity (Wildman–Crippen MR) is 54.6 cm³/mol. The van der Waals surface area contributed by atoms with Gasteiger partial charge in [0.1, 0.15) is 6.61 Å². The molecule has 1 aliphatic rings. The van der Waals surface area contributed by atoms with Crippen molar-refractivity contribution in [2.45, 2.75) is 0 Å². The fourth-order valence-electron chi connectivity index (χ4n) is 1.38. The molecule has 0 atom stereocenters. The van der Waals surface area contributed by atoms with E-state index in [1.165, 1.54) is 5.57 Å². The van der Waals surface area contributed by atoms with Crippen LogP contribution in [0.25, 0.3) is 0 Å². The molecule has 0 saturated heterocycles. The fourth-order valence-corrected chi connectivity index (χ4v) is 1.38. The summed E-state index contributed by atoms with van der Waals surface area (Å²) in [6.45, 7) is 2.34. The van der Waals surface area contributed by atoms with Gasteiger partial charge in [0, 0.05) is 13.1 Å². The van der Waals surface area contributed by atoms with E-state index in [1.807, 2.05) is 6.07 Å². The molecule has 0 aromatic heterocycles. The molecule has 0 spiro atoms. The first-order chi connectivity index (χ1) is 6.86. The summed E-state index contributed by atoms with van der Waals surface area (Å²) in [5.74, 6) is 0.736. The summed E-state index contributed by atoms with van der Waals surface area (Å²) in [5, 5.41) is 12.6. The molecular formula is C11H13NO2. The van der Waals surface area contributed by atoms with Crippen molar-refractivity contribution >= 4 is 0 Å². The third-order valence-electron chi connectivity index (χ3n) is 2.17. The maximum atomic E-state index is 9.42. The van der Waals surface area contributed by atoms with Gasteiger partial charge in [0.25, 0.3) is 0 Å². The number of para-hydroxylation sites is 2. The second kappa shape index (κ2) is 4.15. The van der Waals surface area contributed by atoms with E-state index in [0.29, 0.717) is 12.4 Å². The molecule has 2 N–H and O–H groups in total. The van der Waals surface area contributed by atoms with Crippen LogP contribution in [0, 0.1) is 0 Å². The van der Waals surface area contributed by atoms with Crippen LogP contribution < -0.4 is 10.1 Å². The monoisotopic (exact) mass is 191 g/mol. The lowest BCUT2D eigenvalue weighted by atomic mass is 10.3. The van der Waals surface area contributed by atoms with E-state index in [1.54, 1.807) is 18.2 Å². The minimum atomic E-state index is 0.194. The number of ether oxygens (including phenoxy) is 1. The normalized spacial score (nSPS) is 15.3. The number of phenolic OH excluding ortho intramolecular Hbond substituents is 1. The van der Waals surface area contributed by atoms with Gasteiger partial charge in [-0.2, -0.15) is 0 Å². The zero-order valence-electron chi connectivity index (χ0n) is 7.86. The van der Waals surface area contributed by atoms with E-state index < -0.39 is 0 Å². The van der Waals surface area contributed by atoms with Gasteiger partial charge in [-0.15, -0.1) is 0 Å². The average molecular weight is 191 g/mol. The van der Waals surface area contributed by atoms with Crippen molar-refractivity contribution in [2.75, 3.05) is 19.7 Å². The van der Waals surface area contributed by atoms with Crippen LogP contribution in [0.5, 0.6) is 11.5 Å². The molecule has 0 radical (unpaired) electrons. The zero-order valence-corrected chi connectivity index (χ0v) is 7.86. The SMILES string of the molecule is Oc1ccccc1OCC1=CCNC1. The first-order valence-corrected chi connectivity index (χ1v) is 4.65. The summed E-state index contributed by atoms with van der Waals surface area (Å²) < 4.78 is 5.46. The molecule has 2 rings (SSSR count). The number of hydrogen-bond donors (Lipinski definition) is 2. The number of hydrogen-bond acceptors (Lipinski definition) is 3. The lowest BCUT2D eigenvalue weighted by Crippen LogP contribution is -2.11. The van der Waals surface area contributed by atoms with Gasteiger partial charge in [-0.3, -0.25) is 0 Å². The molecule has 3 heteroatoms. The van der Waals surface area contributed by atoms with Crippen molar-refractivity contribution in [1.29, 1.82) is 0 Å². The average Bonchev–Trinajstić information content (AvgIpc) is 2.69. The molecule has 1 aromatic rings. The van der Waals surface area contributed by atoms with Gasteiger partial charge in [-0.1, -0.05) is 18.2 Å². The molecule has 0 amide bonds. The lowest BCUT2D eigenvalue weighted by Gasteiger charge is -2.07. The number of benzene rings is 1. The molecule has 74 valence electrons. The lowest BCUT2D eigenvalue weighted by molar-refractivity contribution is 0.327. The second-order valence-electron chi connectivity index (χ2n) is 3.25. The highest BCUT2D eigenvalue weighted by Crippen LogP contribution is 2.24. The van der Waals surface area contributed by atoms with Gasteiger partial charge < -0.3 is 15.2 Å². The number of rotatable bonds is 3. The van der Waals surface area contributed by atoms with E-state index in [2.05, 4.69) is 11.4 Å². The summed E-state index contributed by atoms with van der Waals surface area (Å²) in [6, 6.07) is 7.00. The van der Waals surface area contributed by atoms with Gasteiger partial charge in [-0.05, 0) is 17.7 Å². The molecule has 0 saturated carbocycles. The van der Waals surface area contributed by atoms with E-state index in [-0.39, 0.29) is 5.75 Å². The standard InChI is InChI=1S/C11H13NO2/c13-10-3-1-2-4-11(10)14-8-9-5-6-12-7-9/h1-5,12-13H,6-8H2. The Hall–Kier alpha value is -1.48. The first kappa shape index (κ1) is 9.09. The number of nitrogens with one attached hydrogen (secondary N) is 1. The van der Waals surface area contributed by atoms with Crippen molar-refractivity contribution < 1.29 is 9.84 Å². The Morgan fingerprint density at radius 3 is 2.93 bits per heavy atom. The molecule has 0 bridgehead atoms. The minimum Gasteiger partial charge on any atom is -0.504 e. The second-order valence-corrected chi connectivity index (χ2v) is 3.25. The Balaban J connectivity index is 1.94. The molecule has 1 aliphatic heterocycles. The molecule has 1 heterocycles. The highest BCUT2D eigenvalue weighted by molar-refractivity contribution is 5.38. The topological polar surface area (TPSA) is 41.5 Å². The van der Waals surface area contributed by atoms with Gasteiger partial charge >= 0.3 is 0 Å². The molecule has 1 aromatic carbocycles. The quantitative estimate of drug-likeness (QED) is 0.707. The van der Waals surface area contributed by atoms with E-state index >= 15 is 0 Å². The van der Waals surface area contributed by atoms with Crippen LogP contribution in [-0.4, -0.2) is 24.8 Å². The fraction of sp³-hybridized carbons (Fsp3) is 0.273. The molecule has 3 nitrogen and oxygen atoms in total. The Bertz CT molecular complexity index is 347. The van der Waals surface area contributed by atoms with Gasteiger partial charge in [-0.25, -0.2) is 0 Å². The summed E-state index contributed by atoms with van der Waals surface area (Å²) >= 11 is 0. The molecular weight excluding hydrogens is 178 g/mol. The van der Waals surface area contributed by atoms with Crippen molar-refractivity contribution in [3.8, 4) is 11.5 Å². The van der Waals surface area contributed by atoms with Gasteiger partial charge in [0.05, 0.1) is 0 Å². The van der Waals surface area contributed by atoms with Crippen LogP contribution >= 0.6 is 0 Å². The van der Waals surface area contributed by atoms with Crippen LogP contribution in [0.3, 0.4) is 0 Å². The molecule has 0 fully saturated rings. The summed E-state index contributed by atoms with van der Waals surface area (Å²) in [5.41, 5.74) is 1.23. The van der Waals surface area contributed by atoms with E-state index in [0.717, 1.165) is 13.1 Å². The largest absolute Gasteiger partial charge is 0.504 e. The summed E-state index contributed by atoms with van der Waals surface area (Å²) in [7, 11) is 0. The molecule has 0 unspecified atom stereocenters. The third-order valence-corrected chi connectivity index (χ3v) is 2.17. The van der Waals surface area contributed by atoms with Crippen LogP contribution in [0.2, 0.25) is 0 Å². The van der Waals surface area contributed by atoms with E-state index in [9.17, 15) is 5.11 Å². The van der Waals surface area contributed by atoms with Crippen molar-refractivity contribution in [2.24, 2.45) is 0 Å². The Morgan fingerprint density at radius 2 is 2.21 bits per heavy atom. The number of phenols is 1. The maximum Gasteiger partial charge on any atom is 0.161 e. The van der Waals surface area contributed by atoms with Crippen LogP contribution in [0.1, 0.15) is 0 Å². The Labute approximate surface area is 83.0 Å². The van der Waals surface area contributed by atoms with Crippen LogP contribution in [0.15, 0.2) is 35.9 Å². The molecule has 14 heavy (non-hydrogen) atoms.